The molecule has 1 aliphatic heterocycles. The molecule has 0 bridgehead atoms. The fourth-order valence-corrected chi connectivity index (χ4v) is 7.16. The van der Waals surface area contributed by atoms with Gasteiger partial charge in [-0.05, 0) is 62.5 Å². The van der Waals surface area contributed by atoms with Crippen LogP contribution in [0.15, 0.2) is 34.9 Å². The standard InChI is InChI=1S/C40H72O14/c1-11-20(2)12-21(3)13-26(8)38(54-40-37(50)36(49)35(48)31(18-42)53-40)27(9)15-24(6)32(45)22(4)14-23(5)33(46)25(7)16-28(10)39(51)52-19-30(44)34(47)29(43)17-41/h14-16,20-22,25-27,29-38,40-50H,11-13,17-19H2,1-10H3/b23-14+,24-15+,28-16+/t20-,21-,22-,25-,26-,27-,29+,30+,31+,32-,33+,34-,35+,36-,37-,38+,40-/m0/s1. The number of aliphatic hydroxyl groups is 10. The third-order valence-electron chi connectivity index (χ3n) is 10.7. The molecule has 0 aromatic carbocycles. The zero-order chi connectivity index (χ0) is 41.6. The van der Waals surface area contributed by atoms with Gasteiger partial charge in [-0.15, -0.1) is 0 Å². The van der Waals surface area contributed by atoms with Gasteiger partial charge >= 0.3 is 5.97 Å². The van der Waals surface area contributed by atoms with E-state index < -0.39 is 105 Å². The Morgan fingerprint density at radius 2 is 1.26 bits per heavy atom. The normalized spacial score (nSPS) is 28.5. The molecule has 14 heteroatoms. The van der Waals surface area contributed by atoms with Gasteiger partial charge in [0.05, 0.1) is 31.5 Å². The van der Waals surface area contributed by atoms with Crippen LogP contribution in [0.3, 0.4) is 0 Å². The summed E-state index contributed by atoms with van der Waals surface area (Å²) in [5.41, 5.74) is 1.33. The van der Waals surface area contributed by atoms with E-state index in [1.807, 2.05) is 19.9 Å². The molecule has 1 aliphatic rings. The second-order valence-electron chi connectivity index (χ2n) is 15.9. The van der Waals surface area contributed by atoms with E-state index >= 15 is 0 Å². The molecule has 17 atom stereocenters. The molecule has 54 heavy (non-hydrogen) atoms. The average Bonchev–Trinajstić information content (AvgIpc) is 3.13. The summed E-state index contributed by atoms with van der Waals surface area (Å²) in [7, 11) is 0. The highest BCUT2D eigenvalue weighted by molar-refractivity contribution is 5.87. The van der Waals surface area contributed by atoms with Crippen molar-refractivity contribution in [2.75, 3.05) is 19.8 Å². The lowest BCUT2D eigenvalue weighted by Gasteiger charge is -2.42. The monoisotopic (exact) mass is 776 g/mol. The number of aliphatic hydroxyl groups excluding tert-OH is 10. The first-order chi connectivity index (χ1) is 25.1. The van der Waals surface area contributed by atoms with Crippen LogP contribution in [0.1, 0.15) is 88.5 Å². The first-order valence-electron chi connectivity index (χ1n) is 19.3. The van der Waals surface area contributed by atoms with Crippen LogP contribution in [0.5, 0.6) is 0 Å². The van der Waals surface area contributed by atoms with Crippen LogP contribution in [0.2, 0.25) is 0 Å². The van der Waals surface area contributed by atoms with Gasteiger partial charge in [0.25, 0.3) is 0 Å². The lowest BCUT2D eigenvalue weighted by atomic mass is 9.82. The summed E-state index contributed by atoms with van der Waals surface area (Å²) >= 11 is 0. The predicted octanol–water partition coefficient (Wildman–Crippen LogP) is 1.36. The third-order valence-corrected chi connectivity index (χ3v) is 10.7. The minimum atomic E-state index is -1.71. The topological polar surface area (TPSA) is 247 Å². The summed E-state index contributed by atoms with van der Waals surface area (Å²) in [5, 5.41) is 102. The predicted molar refractivity (Wildman–Crippen MR) is 202 cm³/mol. The van der Waals surface area contributed by atoms with Gasteiger partial charge < -0.3 is 65.3 Å². The summed E-state index contributed by atoms with van der Waals surface area (Å²) in [6.07, 6.45) is -6.45. The summed E-state index contributed by atoms with van der Waals surface area (Å²) < 4.78 is 17.1. The zero-order valence-corrected chi connectivity index (χ0v) is 33.9. The first kappa shape index (κ1) is 50.2. The molecule has 1 rings (SSSR count). The van der Waals surface area contributed by atoms with E-state index in [9.17, 15) is 50.8 Å². The summed E-state index contributed by atoms with van der Waals surface area (Å²) in [6, 6.07) is 0. The zero-order valence-electron chi connectivity index (χ0n) is 33.9. The lowest BCUT2D eigenvalue weighted by molar-refractivity contribution is -0.317. The van der Waals surface area contributed by atoms with Crippen LogP contribution >= 0.6 is 0 Å². The van der Waals surface area contributed by atoms with Crippen molar-refractivity contribution in [2.24, 2.45) is 35.5 Å². The second-order valence-corrected chi connectivity index (χ2v) is 15.9. The van der Waals surface area contributed by atoms with E-state index in [0.717, 1.165) is 19.3 Å². The van der Waals surface area contributed by atoms with E-state index in [1.165, 1.54) is 13.0 Å². The summed E-state index contributed by atoms with van der Waals surface area (Å²) in [6.45, 7) is 17.0. The maximum absolute atomic E-state index is 12.5. The molecule has 0 saturated carbocycles. The summed E-state index contributed by atoms with van der Waals surface area (Å²) in [5.74, 6) is -1.23. The fourth-order valence-electron chi connectivity index (χ4n) is 7.16. The molecule has 0 unspecified atom stereocenters. The van der Waals surface area contributed by atoms with Gasteiger partial charge in [0, 0.05) is 23.3 Å². The molecule has 0 aromatic rings. The lowest BCUT2D eigenvalue weighted by Crippen LogP contribution is -2.60. The minimum absolute atomic E-state index is 0.0477. The van der Waals surface area contributed by atoms with E-state index in [0.29, 0.717) is 23.0 Å². The van der Waals surface area contributed by atoms with Gasteiger partial charge in [-0.25, -0.2) is 4.79 Å². The van der Waals surface area contributed by atoms with Gasteiger partial charge in [-0.3, -0.25) is 0 Å². The molecule has 1 heterocycles. The van der Waals surface area contributed by atoms with E-state index in [2.05, 4.69) is 20.8 Å². The number of carbonyl (C=O) groups is 1. The highest BCUT2D eigenvalue weighted by atomic mass is 16.7. The Hall–Kier alpha value is -1.79. The highest BCUT2D eigenvalue weighted by Crippen LogP contribution is 2.33. The number of esters is 1. The van der Waals surface area contributed by atoms with Crippen molar-refractivity contribution in [1.29, 1.82) is 0 Å². The number of ether oxygens (including phenoxy) is 3. The number of carbonyl (C=O) groups excluding carboxylic acids is 1. The highest BCUT2D eigenvalue weighted by Gasteiger charge is 2.45. The molecule has 0 aliphatic carbocycles. The molecular weight excluding hydrogens is 704 g/mol. The van der Waals surface area contributed by atoms with Crippen molar-refractivity contribution in [3.63, 3.8) is 0 Å². The molecule has 0 radical (unpaired) electrons. The van der Waals surface area contributed by atoms with Crippen LogP contribution < -0.4 is 0 Å². The Labute approximate surface area is 321 Å². The Morgan fingerprint density at radius 1 is 0.722 bits per heavy atom. The molecule has 316 valence electrons. The van der Waals surface area contributed by atoms with Crippen molar-refractivity contribution in [2.45, 2.75) is 156 Å². The van der Waals surface area contributed by atoms with E-state index in [4.69, 9.17) is 19.3 Å². The van der Waals surface area contributed by atoms with E-state index in [1.54, 1.807) is 33.8 Å². The Morgan fingerprint density at radius 3 is 1.78 bits per heavy atom. The number of rotatable bonds is 23. The van der Waals surface area contributed by atoms with Gasteiger partial charge in [0.15, 0.2) is 6.29 Å². The van der Waals surface area contributed by atoms with Crippen LogP contribution in [0, 0.1) is 35.5 Å². The number of hydrogen-bond donors (Lipinski definition) is 10. The SMILES string of the molecule is CC[C@H](C)C[C@H](C)C[C@H](C)[C@@H](O[C@@H]1O[C@H](CO)[C@@H](O)[C@H](O)[C@@H]1O)[C@@H](C)/C=C(\C)[C@@H](O)[C@@H](C)/C=C(\C)[C@@H](O)[C@@H](C)/C=C(\C)C(=O)OC[C@@H](O)[C@@H](O)[C@H](O)CO. The smallest absolute Gasteiger partial charge is 0.333 e. The second kappa shape index (κ2) is 24.1. The molecular formula is C40H72O14. The molecule has 0 spiro atoms. The van der Waals surface area contributed by atoms with Crippen molar-refractivity contribution in [3.8, 4) is 0 Å². The van der Waals surface area contributed by atoms with Crippen molar-refractivity contribution < 1.29 is 70.1 Å². The largest absolute Gasteiger partial charge is 0.459 e. The maximum Gasteiger partial charge on any atom is 0.333 e. The van der Waals surface area contributed by atoms with Crippen molar-refractivity contribution in [3.05, 3.63) is 34.9 Å². The molecule has 1 saturated heterocycles. The molecule has 0 aromatic heterocycles. The van der Waals surface area contributed by atoms with Crippen molar-refractivity contribution in [1.82, 2.24) is 0 Å². The van der Waals surface area contributed by atoms with Crippen LogP contribution in [0.25, 0.3) is 0 Å². The molecule has 0 amide bonds. The third kappa shape index (κ3) is 15.3. The van der Waals surface area contributed by atoms with Gasteiger partial charge in [-0.2, -0.15) is 0 Å². The summed E-state index contributed by atoms with van der Waals surface area (Å²) in [4.78, 5) is 12.5. The van der Waals surface area contributed by atoms with Crippen molar-refractivity contribution >= 4 is 5.97 Å². The van der Waals surface area contributed by atoms with Crippen LogP contribution in [0.4, 0.5) is 0 Å². The first-order valence-corrected chi connectivity index (χ1v) is 19.3. The maximum atomic E-state index is 12.5. The van der Waals surface area contributed by atoms with Gasteiger partial charge in [0.2, 0.25) is 0 Å². The minimum Gasteiger partial charge on any atom is -0.459 e. The Balaban J connectivity index is 3.13. The molecule has 10 N–H and O–H groups in total. The van der Waals surface area contributed by atoms with Crippen LogP contribution in [-0.2, 0) is 19.0 Å². The molecule has 14 nitrogen and oxygen atoms in total. The number of hydrogen-bond acceptors (Lipinski definition) is 14. The van der Waals surface area contributed by atoms with Gasteiger partial charge in [0.1, 0.15) is 49.3 Å². The Kier molecular flexibility index (Phi) is 22.4. The van der Waals surface area contributed by atoms with Gasteiger partial charge in [-0.1, -0.05) is 73.1 Å². The van der Waals surface area contributed by atoms with Crippen LogP contribution in [-0.4, -0.2) is 144 Å². The Bertz CT molecular complexity index is 1190. The molecule has 1 fully saturated rings. The quantitative estimate of drug-likeness (QED) is 0.0400. The fraction of sp³-hybridized carbons (Fsp3) is 0.825. The van der Waals surface area contributed by atoms with E-state index in [-0.39, 0.29) is 17.4 Å². The average molecular weight is 777 g/mol.